The van der Waals surface area contributed by atoms with E-state index in [0.717, 1.165) is 28.5 Å². The Bertz CT molecular complexity index is 1490. The molecule has 2 heterocycles. The first kappa shape index (κ1) is 19.1. The van der Waals surface area contributed by atoms with Crippen LogP contribution in [0.3, 0.4) is 0 Å². The van der Waals surface area contributed by atoms with Crippen LogP contribution < -0.4 is 4.72 Å². The number of H-pyrrole nitrogens is 1. The molecule has 8 heteroatoms. The second-order valence-electron chi connectivity index (χ2n) is 7.18. The lowest BCUT2D eigenvalue weighted by Crippen LogP contribution is -2.09. The highest BCUT2D eigenvalue weighted by molar-refractivity contribution is 7.92. The molecule has 0 aliphatic heterocycles. The summed E-state index contributed by atoms with van der Waals surface area (Å²) in [6, 6.07) is 23.0. The van der Waals surface area contributed by atoms with Gasteiger partial charge in [-0.05, 0) is 35.4 Å². The Kier molecular flexibility index (Phi) is 4.56. The van der Waals surface area contributed by atoms with Crippen molar-refractivity contribution in [2.24, 2.45) is 0 Å². The van der Waals surface area contributed by atoms with Gasteiger partial charge in [-0.2, -0.15) is 5.10 Å². The first-order chi connectivity index (χ1) is 15.0. The number of aromatic amines is 1. The number of oxazole rings is 1. The van der Waals surface area contributed by atoms with Crippen molar-refractivity contribution in [3.05, 3.63) is 79.0 Å². The van der Waals surface area contributed by atoms with Crippen LogP contribution in [0, 0.1) is 0 Å². The third-order valence-electron chi connectivity index (χ3n) is 4.82. The van der Waals surface area contributed by atoms with Gasteiger partial charge in [-0.3, -0.25) is 9.82 Å². The van der Waals surface area contributed by atoms with E-state index in [4.69, 9.17) is 4.42 Å². The van der Waals surface area contributed by atoms with E-state index in [2.05, 4.69) is 19.9 Å². The molecule has 0 fully saturated rings. The molecule has 5 rings (SSSR count). The Morgan fingerprint density at radius 3 is 2.52 bits per heavy atom. The Hall–Kier alpha value is -3.91. The SMILES string of the molecule is CS(=O)(=O)Nc1cccc(-c2[nH]ncc2-c2nc3cc(-c4ccccc4)ccc3o2)c1. The number of hydrogen-bond acceptors (Lipinski definition) is 5. The second-order valence-corrected chi connectivity index (χ2v) is 8.93. The number of fused-ring (bicyclic) bond motifs is 1. The Balaban J connectivity index is 1.54. The summed E-state index contributed by atoms with van der Waals surface area (Å²) in [5.41, 5.74) is 6.18. The average Bonchev–Trinajstić information content (AvgIpc) is 3.39. The minimum Gasteiger partial charge on any atom is -0.436 e. The Morgan fingerprint density at radius 1 is 0.903 bits per heavy atom. The summed E-state index contributed by atoms with van der Waals surface area (Å²) in [7, 11) is -3.38. The van der Waals surface area contributed by atoms with Gasteiger partial charge in [0.2, 0.25) is 15.9 Å². The third-order valence-corrected chi connectivity index (χ3v) is 5.43. The lowest BCUT2D eigenvalue weighted by Gasteiger charge is -2.06. The van der Waals surface area contributed by atoms with Crippen LogP contribution in [-0.2, 0) is 10.0 Å². The number of nitrogens with zero attached hydrogens (tertiary/aromatic N) is 2. The molecule has 0 spiro atoms. The highest BCUT2D eigenvalue weighted by Crippen LogP contribution is 2.34. The van der Waals surface area contributed by atoms with Gasteiger partial charge in [0, 0.05) is 11.3 Å². The maximum absolute atomic E-state index is 11.6. The first-order valence-corrected chi connectivity index (χ1v) is 11.4. The summed E-state index contributed by atoms with van der Waals surface area (Å²) >= 11 is 0. The highest BCUT2D eigenvalue weighted by atomic mass is 32.2. The molecule has 0 amide bonds. The zero-order chi connectivity index (χ0) is 21.4. The van der Waals surface area contributed by atoms with Crippen molar-refractivity contribution in [1.29, 1.82) is 0 Å². The maximum Gasteiger partial charge on any atom is 0.231 e. The summed E-state index contributed by atoms with van der Waals surface area (Å²) in [6.45, 7) is 0. The lowest BCUT2D eigenvalue weighted by molar-refractivity contribution is 0.606. The smallest absolute Gasteiger partial charge is 0.231 e. The van der Waals surface area contributed by atoms with Crippen molar-refractivity contribution in [2.75, 3.05) is 11.0 Å². The van der Waals surface area contributed by atoms with Crippen LogP contribution in [-0.4, -0.2) is 29.9 Å². The molecule has 0 bridgehead atoms. The monoisotopic (exact) mass is 430 g/mol. The van der Waals surface area contributed by atoms with Crippen molar-refractivity contribution in [2.45, 2.75) is 0 Å². The normalized spacial score (nSPS) is 11.6. The fourth-order valence-corrected chi connectivity index (χ4v) is 4.03. The number of hydrogen-bond donors (Lipinski definition) is 2. The topological polar surface area (TPSA) is 101 Å². The van der Waals surface area contributed by atoms with Crippen LogP contribution >= 0.6 is 0 Å². The van der Waals surface area contributed by atoms with Gasteiger partial charge in [0.25, 0.3) is 0 Å². The quantitative estimate of drug-likeness (QED) is 0.412. The van der Waals surface area contributed by atoms with Gasteiger partial charge >= 0.3 is 0 Å². The van der Waals surface area contributed by atoms with E-state index in [0.29, 0.717) is 28.4 Å². The third kappa shape index (κ3) is 3.93. The zero-order valence-corrected chi connectivity index (χ0v) is 17.3. The molecule has 31 heavy (non-hydrogen) atoms. The van der Waals surface area contributed by atoms with Crippen LogP contribution in [0.25, 0.3) is 44.9 Å². The molecule has 3 aromatic carbocycles. The van der Waals surface area contributed by atoms with E-state index in [1.165, 1.54) is 0 Å². The molecule has 154 valence electrons. The number of aromatic nitrogens is 3. The van der Waals surface area contributed by atoms with Crippen molar-refractivity contribution in [1.82, 2.24) is 15.2 Å². The average molecular weight is 430 g/mol. The number of benzene rings is 3. The van der Waals surface area contributed by atoms with Crippen molar-refractivity contribution in [3.63, 3.8) is 0 Å². The van der Waals surface area contributed by atoms with Gasteiger partial charge in [0.15, 0.2) is 5.58 Å². The maximum atomic E-state index is 11.6. The fraction of sp³-hybridized carbons (Fsp3) is 0.0435. The molecule has 0 radical (unpaired) electrons. The van der Waals surface area contributed by atoms with Crippen LogP contribution in [0.15, 0.2) is 83.4 Å². The summed E-state index contributed by atoms with van der Waals surface area (Å²) in [4.78, 5) is 4.67. The second kappa shape index (κ2) is 7.41. The number of sulfonamides is 1. The van der Waals surface area contributed by atoms with Gasteiger partial charge in [0.05, 0.1) is 23.7 Å². The molecule has 2 aromatic heterocycles. The summed E-state index contributed by atoms with van der Waals surface area (Å²) in [6.07, 6.45) is 2.76. The van der Waals surface area contributed by atoms with Gasteiger partial charge in [-0.1, -0.05) is 48.5 Å². The van der Waals surface area contributed by atoms with Gasteiger partial charge in [0.1, 0.15) is 5.52 Å². The molecular weight excluding hydrogens is 412 g/mol. The highest BCUT2D eigenvalue weighted by Gasteiger charge is 2.17. The van der Waals surface area contributed by atoms with Crippen molar-refractivity contribution >= 4 is 26.8 Å². The van der Waals surface area contributed by atoms with E-state index >= 15 is 0 Å². The molecule has 0 aliphatic carbocycles. The predicted octanol–water partition coefficient (Wildman–Crippen LogP) is 4.92. The van der Waals surface area contributed by atoms with Crippen molar-refractivity contribution < 1.29 is 12.8 Å². The van der Waals surface area contributed by atoms with E-state index < -0.39 is 10.0 Å². The predicted molar refractivity (Wildman–Crippen MR) is 121 cm³/mol. The summed E-state index contributed by atoms with van der Waals surface area (Å²) in [5.74, 6) is 0.436. The number of rotatable bonds is 5. The van der Waals surface area contributed by atoms with Crippen LogP contribution in [0.2, 0.25) is 0 Å². The van der Waals surface area contributed by atoms with E-state index in [9.17, 15) is 8.42 Å². The molecule has 0 saturated heterocycles. The number of anilines is 1. The van der Waals surface area contributed by atoms with Gasteiger partial charge in [-0.25, -0.2) is 13.4 Å². The first-order valence-electron chi connectivity index (χ1n) is 9.54. The largest absolute Gasteiger partial charge is 0.436 e. The molecule has 0 atom stereocenters. The zero-order valence-electron chi connectivity index (χ0n) is 16.5. The van der Waals surface area contributed by atoms with Crippen molar-refractivity contribution in [3.8, 4) is 33.8 Å². The molecule has 0 aliphatic rings. The standard InChI is InChI=1S/C23H18N4O3S/c1-31(28,29)27-18-9-5-8-17(12-18)22-19(14-24-26-22)23-25-20-13-16(10-11-21(20)30-23)15-6-3-2-4-7-15/h2-14,27H,1H3,(H,24,26). The van der Waals surface area contributed by atoms with E-state index in [-0.39, 0.29) is 0 Å². The molecule has 5 aromatic rings. The molecular formula is C23H18N4O3S. The van der Waals surface area contributed by atoms with Crippen LogP contribution in [0.5, 0.6) is 0 Å². The van der Waals surface area contributed by atoms with E-state index in [1.54, 1.807) is 24.4 Å². The Labute approximate surface area is 178 Å². The number of nitrogens with one attached hydrogen (secondary N) is 2. The summed E-state index contributed by atoms with van der Waals surface area (Å²) < 4.78 is 31.6. The molecule has 2 N–H and O–H groups in total. The minimum atomic E-state index is -3.38. The van der Waals surface area contributed by atoms with Crippen LogP contribution in [0.1, 0.15) is 0 Å². The Morgan fingerprint density at radius 2 is 1.71 bits per heavy atom. The van der Waals surface area contributed by atoms with E-state index in [1.807, 2.05) is 54.6 Å². The molecule has 0 saturated carbocycles. The van der Waals surface area contributed by atoms with Crippen LogP contribution in [0.4, 0.5) is 5.69 Å². The minimum absolute atomic E-state index is 0.436. The molecule has 0 unspecified atom stereocenters. The fourth-order valence-electron chi connectivity index (χ4n) is 3.47. The molecule has 7 nitrogen and oxygen atoms in total. The summed E-state index contributed by atoms with van der Waals surface area (Å²) in [5, 5.41) is 7.12. The van der Waals surface area contributed by atoms with Gasteiger partial charge < -0.3 is 4.42 Å². The van der Waals surface area contributed by atoms with Gasteiger partial charge in [-0.15, -0.1) is 0 Å². The lowest BCUT2D eigenvalue weighted by atomic mass is 10.1.